The van der Waals surface area contributed by atoms with Crippen LogP contribution in [0.4, 0.5) is 0 Å². The van der Waals surface area contributed by atoms with Crippen molar-refractivity contribution in [2.45, 2.75) is 52.3 Å². The molecule has 2 rings (SSSR count). The molecule has 1 heterocycles. The molecule has 0 bridgehead atoms. The first-order chi connectivity index (χ1) is 12.4. The van der Waals surface area contributed by atoms with Gasteiger partial charge in [-0.05, 0) is 51.3 Å². The number of nitrogens with zero attached hydrogens (tertiary/aromatic N) is 2. The number of aromatic nitrogens is 1. The monoisotopic (exact) mass is 359 g/mol. The number of esters is 1. The van der Waals surface area contributed by atoms with Crippen molar-refractivity contribution >= 4 is 18.0 Å². The molecule has 0 aromatic carbocycles. The molecular weight excluding hydrogens is 334 g/mol. The van der Waals surface area contributed by atoms with Gasteiger partial charge in [-0.2, -0.15) is 5.26 Å². The minimum absolute atomic E-state index is 0.136. The van der Waals surface area contributed by atoms with Gasteiger partial charge in [0.15, 0.2) is 6.10 Å². The first kappa shape index (κ1) is 19.7. The number of carbonyl (C=O) groups excluding carboxylic acids is 2. The van der Waals surface area contributed by atoms with Gasteiger partial charge in [0, 0.05) is 31.1 Å². The van der Waals surface area contributed by atoms with Crippen LogP contribution in [0.2, 0.25) is 0 Å². The van der Waals surface area contributed by atoms with Gasteiger partial charge in [-0.15, -0.1) is 0 Å². The Bertz CT molecular complexity index is 754. The van der Waals surface area contributed by atoms with Crippen LogP contribution >= 0.6 is 0 Å². The Morgan fingerprint density at radius 2 is 2.15 bits per heavy atom. The highest BCUT2D eigenvalue weighted by molar-refractivity contribution is 5.99. The number of nitriles is 1. The summed E-state index contributed by atoms with van der Waals surface area (Å²) in [6.45, 7) is 6.63. The van der Waals surface area contributed by atoms with Crippen LogP contribution in [-0.4, -0.2) is 42.3 Å². The zero-order valence-corrected chi connectivity index (χ0v) is 15.7. The second kappa shape index (κ2) is 8.68. The lowest BCUT2D eigenvalue weighted by Crippen LogP contribution is -2.37. The summed E-state index contributed by atoms with van der Waals surface area (Å²) in [7, 11) is 1.64. The van der Waals surface area contributed by atoms with E-state index in [-0.39, 0.29) is 17.5 Å². The van der Waals surface area contributed by atoms with E-state index < -0.39 is 12.1 Å². The molecule has 26 heavy (non-hydrogen) atoms. The van der Waals surface area contributed by atoms with E-state index in [1.165, 1.54) is 13.0 Å². The molecule has 1 aliphatic rings. The van der Waals surface area contributed by atoms with Gasteiger partial charge in [0.05, 0.1) is 6.61 Å². The Kier molecular flexibility index (Phi) is 6.58. The van der Waals surface area contributed by atoms with E-state index in [2.05, 4.69) is 9.88 Å². The zero-order chi connectivity index (χ0) is 19.3. The highest BCUT2D eigenvalue weighted by Gasteiger charge is 2.28. The van der Waals surface area contributed by atoms with Crippen molar-refractivity contribution in [1.29, 1.82) is 5.26 Å². The standard InChI is InChI=1S/C19H25N3O4/c1-12-9-15(13(2)22(12)7-8-25-4)10-16(11-20)19(24)26-14(3)18(23)21-17-5-6-17/h9-10,14,17H,5-8H2,1-4H3,(H,21,23)/b16-10+/t14-/m1/s1. The lowest BCUT2D eigenvalue weighted by molar-refractivity contribution is -0.150. The van der Waals surface area contributed by atoms with E-state index in [9.17, 15) is 14.9 Å². The van der Waals surface area contributed by atoms with Crippen LogP contribution in [0.5, 0.6) is 0 Å². The number of rotatable bonds is 8. The van der Waals surface area contributed by atoms with Gasteiger partial charge >= 0.3 is 5.97 Å². The summed E-state index contributed by atoms with van der Waals surface area (Å²) in [6.07, 6.45) is 2.47. The molecule has 1 aromatic heterocycles. The van der Waals surface area contributed by atoms with E-state index in [1.807, 2.05) is 26.0 Å². The van der Waals surface area contributed by atoms with E-state index in [4.69, 9.17) is 9.47 Å². The van der Waals surface area contributed by atoms with Crippen molar-refractivity contribution in [2.24, 2.45) is 0 Å². The SMILES string of the molecule is COCCn1c(C)cc(/C=C(\C#N)C(=O)O[C@H](C)C(=O)NC2CC2)c1C. The number of hydrogen-bond acceptors (Lipinski definition) is 5. The van der Waals surface area contributed by atoms with Gasteiger partial charge in [0.2, 0.25) is 0 Å². The van der Waals surface area contributed by atoms with Gasteiger partial charge in [-0.3, -0.25) is 4.79 Å². The van der Waals surface area contributed by atoms with E-state index in [0.29, 0.717) is 13.2 Å². The van der Waals surface area contributed by atoms with Gasteiger partial charge in [0.25, 0.3) is 5.91 Å². The normalized spacial score (nSPS) is 15.3. The third-order valence-corrected chi connectivity index (χ3v) is 4.35. The molecule has 0 spiro atoms. The molecule has 1 aromatic rings. The summed E-state index contributed by atoms with van der Waals surface area (Å²) in [5.74, 6) is -1.14. The summed E-state index contributed by atoms with van der Waals surface area (Å²) < 4.78 is 12.3. The molecule has 1 fully saturated rings. The lowest BCUT2D eigenvalue weighted by atomic mass is 10.1. The molecule has 7 nitrogen and oxygen atoms in total. The van der Waals surface area contributed by atoms with Crippen LogP contribution < -0.4 is 5.32 Å². The Morgan fingerprint density at radius 3 is 2.73 bits per heavy atom. The summed E-state index contributed by atoms with van der Waals surface area (Å²) >= 11 is 0. The molecule has 0 unspecified atom stereocenters. The highest BCUT2D eigenvalue weighted by atomic mass is 16.5. The molecule has 7 heteroatoms. The van der Waals surface area contributed by atoms with Crippen molar-refractivity contribution in [1.82, 2.24) is 9.88 Å². The number of ether oxygens (including phenoxy) is 2. The van der Waals surface area contributed by atoms with Crippen molar-refractivity contribution in [2.75, 3.05) is 13.7 Å². The zero-order valence-electron chi connectivity index (χ0n) is 15.7. The van der Waals surface area contributed by atoms with Crippen LogP contribution in [-0.2, 0) is 25.6 Å². The van der Waals surface area contributed by atoms with Crippen LogP contribution in [0.15, 0.2) is 11.6 Å². The molecule has 1 saturated carbocycles. The smallest absolute Gasteiger partial charge is 0.349 e. The second-order valence-corrected chi connectivity index (χ2v) is 6.47. The first-order valence-electron chi connectivity index (χ1n) is 8.66. The van der Waals surface area contributed by atoms with Crippen LogP contribution in [0.1, 0.15) is 36.7 Å². The second-order valence-electron chi connectivity index (χ2n) is 6.47. The van der Waals surface area contributed by atoms with Crippen molar-refractivity contribution in [3.63, 3.8) is 0 Å². The first-order valence-corrected chi connectivity index (χ1v) is 8.66. The number of aryl methyl sites for hydroxylation is 1. The molecule has 0 radical (unpaired) electrons. The van der Waals surface area contributed by atoms with Gasteiger partial charge in [0.1, 0.15) is 11.6 Å². The number of amides is 1. The Labute approximate surface area is 153 Å². The largest absolute Gasteiger partial charge is 0.448 e. The summed E-state index contributed by atoms with van der Waals surface area (Å²) in [5, 5.41) is 12.1. The van der Waals surface area contributed by atoms with Crippen LogP contribution in [0, 0.1) is 25.2 Å². The van der Waals surface area contributed by atoms with Gasteiger partial charge in [-0.25, -0.2) is 4.79 Å². The summed E-state index contributed by atoms with van der Waals surface area (Å²) in [5.41, 5.74) is 2.57. The minimum Gasteiger partial charge on any atom is -0.448 e. The molecule has 0 saturated heterocycles. The summed E-state index contributed by atoms with van der Waals surface area (Å²) in [6, 6.07) is 3.96. The van der Waals surface area contributed by atoms with E-state index in [0.717, 1.165) is 29.8 Å². The lowest BCUT2D eigenvalue weighted by Gasteiger charge is -2.12. The molecule has 0 aliphatic heterocycles. The number of methoxy groups -OCH3 is 1. The minimum atomic E-state index is -0.936. The van der Waals surface area contributed by atoms with Crippen molar-refractivity contribution < 1.29 is 19.1 Å². The summed E-state index contributed by atoms with van der Waals surface area (Å²) in [4.78, 5) is 24.1. The maximum Gasteiger partial charge on any atom is 0.349 e. The van der Waals surface area contributed by atoms with Gasteiger partial charge in [-0.1, -0.05) is 0 Å². The number of hydrogen-bond donors (Lipinski definition) is 1. The Hall–Kier alpha value is -2.59. The average molecular weight is 359 g/mol. The maximum absolute atomic E-state index is 12.3. The molecule has 1 N–H and O–H groups in total. The van der Waals surface area contributed by atoms with E-state index >= 15 is 0 Å². The van der Waals surface area contributed by atoms with Crippen molar-refractivity contribution in [3.05, 3.63) is 28.6 Å². The van der Waals surface area contributed by atoms with Gasteiger partial charge < -0.3 is 19.4 Å². The van der Waals surface area contributed by atoms with Crippen molar-refractivity contribution in [3.8, 4) is 6.07 Å². The Morgan fingerprint density at radius 1 is 1.46 bits per heavy atom. The number of nitrogens with one attached hydrogen (secondary N) is 1. The quantitative estimate of drug-likeness (QED) is 0.434. The molecular formula is C19H25N3O4. The fourth-order valence-electron chi connectivity index (χ4n) is 2.62. The molecule has 140 valence electrons. The third kappa shape index (κ3) is 4.96. The average Bonchev–Trinajstić information content (AvgIpc) is 3.37. The maximum atomic E-state index is 12.3. The predicted octanol–water partition coefficient (Wildman–Crippen LogP) is 1.87. The third-order valence-electron chi connectivity index (χ3n) is 4.35. The van der Waals surface area contributed by atoms with E-state index in [1.54, 1.807) is 7.11 Å². The highest BCUT2D eigenvalue weighted by Crippen LogP contribution is 2.20. The fraction of sp³-hybridized carbons (Fsp3) is 0.526. The number of carbonyl (C=O) groups is 2. The molecule has 1 atom stereocenters. The molecule has 1 amide bonds. The Balaban J connectivity index is 2.10. The fourth-order valence-corrected chi connectivity index (χ4v) is 2.62. The predicted molar refractivity (Wildman–Crippen MR) is 96.1 cm³/mol. The van der Waals surface area contributed by atoms with Crippen LogP contribution in [0.25, 0.3) is 6.08 Å². The van der Waals surface area contributed by atoms with Crippen LogP contribution in [0.3, 0.4) is 0 Å². The topological polar surface area (TPSA) is 93.3 Å². The molecule has 1 aliphatic carbocycles.